The van der Waals surface area contributed by atoms with E-state index >= 15 is 0 Å². The molecule has 2 aromatic heterocycles. The van der Waals surface area contributed by atoms with Crippen molar-refractivity contribution < 1.29 is 4.42 Å². The number of nitrogens with zero attached hydrogens (tertiary/aromatic N) is 4. The molecule has 1 unspecified atom stereocenters. The van der Waals surface area contributed by atoms with Crippen LogP contribution in [0.15, 0.2) is 39.7 Å². The minimum atomic E-state index is -0.283. The molecule has 0 saturated carbocycles. The second kappa shape index (κ2) is 6.20. The summed E-state index contributed by atoms with van der Waals surface area (Å²) in [5, 5.41) is 0. The molecule has 0 amide bonds. The van der Waals surface area contributed by atoms with Crippen molar-refractivity contribution in [3.8, 4) is 0 Å². The van der Waals surface area contributed by atoms with Crippen LogP contribution in [-0.4, -0.2) is 39.1 Å². The number of nitrogen functional groups attached to an aromatic ring is 1. The Morgan fingerprint density at radius 1 is 1.22 bits per heavy atom. The summed E-state index contributed by atoms with van der Waals surface area (Å²) >= 11 is 0. The van der Waals surface area contributed by atoms with Gasteiger partial charge in [0.2, 0.25) is 5.95 Å². The molecule has 7 heteroatoms. The molecular formula is C20H23N5O2. The Balaban J connectivity index is 1.36. The van der Waals surface area contributed by atoms with Gasteiger partial charge in [-0.2, -0.15) is 0 Å². The molecule has 2 aliphatic rings. The number of benzene rings is 1. The molecule has 1 saturated heterocycles. The van der Waals surface area contributed by atoms with E-state index in [9.17, 15) is 4.79 Å². The summed E-state index contributed by atoms with van der Waals surface area (Å²) in [6.07, 6.45) is 6.29. The molecule has 0 bridgehead atoms. The average molecular weight is 365 g/mol. The lowest BCUT2D eigenvalue weighted by Crippen LogP contribution is -2.46. The Kier molecular flexibility index (Phi) is 3.79. The fourth-order valence-electron chi connectivity index (χ4n) is 4.84. The number of aromatic nitrogens is 3. The second-order valence-electron chi connectivity index (χ2n) is 7.75. The van der Waals surface area contributed by atoms with Gasteiger partial charge in [0.15, 0.2) is 5.58 Å². The Labute approximate surface area is 156 Å². The molecule has 1 aromatic carbocycles. The monoisotopic (exact) mass is 365 g/mol. The number of rotatable bonds is 3. The number of oxazole rings is 1. The zero-order valence-corrected chi connectivity index (χ0v) is 15.2. The molecule has 2 N–H and O–H groups in total. The van der Waals surface area contributed by atoms with E-state index in [1.165, 1.54) is 5.56 Å². The molecule has 1 spiro atoms. The number of nitrogens with two attached hydrogens (primary N) is 1. The molecule has 1 atom stereocenters. The molecular weight excluding hydrogens is 342 g/mol. The molecule has 140 valence electrons. The third-order valence-electron chi connectivity index (χ3n) is 6.13. The Bertz CT molecular complexity index is 1050. The summed E-state index contributed by atoms with van der Waals surface area (Å²) in [6, 6.07) is 7.59. The quantitative estimate of drug-likeness (QED) is 0.763. The van der Waals surface area contributed by atoms with Crippen LogP contribution in [0.25, 0.3) is 11.1 Å². The topological polar surface area (TPSA) is 90.2 Å². The molecule has 3 heterocycles. The molecule has 1 aliphatic heterocycles. The number of likely N-dealkylation sites (tertiary alicyclic amines) is 1. The summed E-state index contributed by atoms with van der Waals surface area (Å²) in [4.78, 5) is 23.4. The highest BCUT2D eigenvalue weighted by Crippen LogP contribution is 2.43. The van der Waals surface area contributed by atoms with E-state index in [0.717, 1.165) is 56.5 Å². The van der Waals surface area contributed by atoms with Gasteiger partial charge in [-0.1, -0.05) is 12.1 Å². The normalized spacial score (nSPS) is 22.5. The highest BCUT2D eigenvalue weighted by molar-refractivity contribution is 5.72. The average Bonchev–Trinajstić information content (AvgIpc) is 3.17. The van der Waals surface area contributed by atoms with Gasteiger partial charge >= 0.3 is 5.76 Å². The van der Waals surface area contributed by atoms with Crippen LogP contribution < -0.4 is 11.5 Å². The fourth-order valence-corrected chi connectivity index (χ4v) is 4.84. The van der Waals surface area contributed by atoms with Gasteiger partial charge in [-0.3, -0.25) is 4.57 Å². The summed E-state index contributed by atoms with van der Waals surface area (Å²) in [7, 11) is 0. The molecule has 0 radical (unpaired) electrons. The van der Waals surface area contributed by atoms with Gasteiger partial charge in [0.1, 0.15) is 0 Å². The van der Waals surface area contributed by atoms with Crippen molar-refractivity contribution in [3.63, 3.8) is 0 Å². The van der Waals surface area contributed by atoms with Gasteiger partial charge in [-0.25, -0.2) is 14.8 Å². The highest BCUT2D eigenvalue weighted by Gasteiger charge is 2.43. The van der Waals surface area contributed by atoms with Crippen LogP contribution in [0.2, 0.25) is 0 Å². The van der Waals surface area contributed by atoms with Crippen LogP contribution in [0, 0.1) is 0 Å². The maximum Gasteiger partial charge on any atom is 0.419 e. The standard InChI is InChI=1S/C20H23N5O2/c21-18-22-12-14-6-8-20(17(14)23-18)7-3-9-24(13-20)10-11-25-15-4-1-2-5-16(15)27-19(25)26/h1-2,4-5,12H,3,6-11,13H2,(H2,21,22,23). The summed E-state index contributed by atoms with van der Waals surface area (Å²) in [6.45, 7) is 3.45. The van der Waals surface area contributed by atoms with E-state index in [-0.39, 0.29) is 11.2 Å². The number of piperidine rings is 1. The van der Waals surface area contributed by atoms with Crippen molar-refractivity contribution in [1.29, 1.82) is 0 Å². The Morgan fingerprint density at radius 2 is 2.11 bits per heavy atom. The summed E-state index contributed by atoms with van der Waals surface area (Å²) in [5.41, 5.74) is 9.83. The zero-order valence-electron chi connectivity index (χ0n) is 15.2. The van der Waals surface area contributed by atoms with E-state index in [0.29, 0.717) is 18.1 Å². The van der Waals surface area contributed by atoms with Crippen molar-refractivity contribution in [2.45, 2.75) is 37.6 Å². The van der Waals surface area contributed by atoms with Crippen molar-refractivity contribution >= 4 is 17.0 Å². The first kappa shape index (κ1) is 16.5. The van der Waals surface area contributed by atoms with Crippen LogP contribution in [0.4, 0.5) is 5.95 Å². The number of hydrogen-bond donors (Lipinski definition) is 1. The predicted octanol–water partition coefficient (Wildman–Crippen LogP) is 1.95. The molecule has 1 aliphatic carbocycles. The maximum atomic E-state index is 12.2. The molecule has 3 aromatic rings. The largest absolute Gasteiger partial charge is 0.419 e. The minimum absolute atomic E-state index is 0.0774. The van der Waals surface area contributed by atoms with Crippen molar-refractivity contribution in [2.75, 3.05) is 25.4 Å². The smallest absolute Gasteiger partial charge is 0.408 e. The first-order valence-electron chi connectivity index (χ1n) is 9.57. The first-order valence-corrected chi connectivity index (χ1v) is 9.57. The van der Waals surface area contributed by atoms with Gasteiger partial charge in [-0.15, -0.1) is 0 Å². The van der Waals surface area contributed by atoms with E-state index in [4.69, 9.17) is 10.2 Å². The van der Waals surface area contributed by atoms with Gasteiger partial charge in [-0.05, 0) is 49.9 Å². The number of fused-ring (bicyclic) bond motifs is 3. The Hall–Kier alpha value is -2.67. The molecule has 1 fully saturated rings. The van der Waals surface area contributed by atoms with Crippen molar-refractivity contribution in [1.82, 2.24) is 19.4 Å². The highest BCUT2D eigenvalue weighted by atomic mass is 16.4. The molecule has 27 heavy (non-hydrogen) atoms. The summed E-state index contributed by atoms with van der Waals surface area (Å²) < 4.78 is 7.09. The lowest BCUT2D eigenvalue weighted by Gasteiger charge is -2.40. The van der Waals surface area contributed by atoms with E-state index in [2.05, 4.69) is 14.9 Å². The van der Waals surface area contributed by atoms with Crippen LogP contribution in [0.3, 0.4) is 0 Å². The third-order valence-corrected chi connectivity index (χ3v) is 6.13. The fraction of sp³-hybridized carbons (Fsp3) is 0.450. The SMILES string of the molecule is Nc1ncc2c(n1)C1(CCCN(CCn3c(=O)oc4ccccc43)C1)CC2. The Morgan fingerprint density at radius 3 is 3.04 bits per heavy atom. The van der Waals surface area contributed by atoms with Gasteiger partial charge in [0.05, 0.1) is 11.2 Å². The van der Waals surface area contributed by atoms with Crippen LogP contribution in [0.1, 0.15) is 30.5 Å². The minimum Gasteiger partial charge on any atom is -0.408 e. The first-order chi connectivity index (χ1) is 13.1. The lowest BCUT2D eigenvalue weighted by molar-refractivity contribution is 0.138. The van der Waals surface area contributed by atoms with Crippen molar-refractivity contribution in [2.24, 2.45) is 0 Å². The van der Waals surface area contributed by atoms with Gasteiger partial charge in [0.25, 0.3) is 0 Å². The third kappa shape index (κ3) is 2.73. The number of para-hydroxylation sites is 2. The van der Waals surface area contributed by atoms with Crippen LogP contribution in [-0.2, 0) is 18.4 Å². The number of anilines is 1. The van der Waals surface area contributed by atoms with Crippen LogP contribution >= 0.6 is 0 Å². The predicted molar refractivity (Wildman–Crippen MR) is 103 cm³/mol. The molecule has 5 rings (SSSR count). The summed E-state index contributed by atoms with van der Waals surface area (Å²) in [5.74, 6) is 0.0817. The zero-order chi connectivity index (χ0) is 18.4. The van der Waals surface area contributed by atoms with E-state index < -0.39 is 0 Å². The maximum absolute atomic E-state index is 12.2. The van der Waals surface area contributed by atoms with Gasteiger partial charge in [0, 0.05) is 31.2 Å². The number of aryl methyl sites for hydroxylation is 1. The van der Waals surface area contributed by atoms with Crippen LogP contribution in [0.5, 0.6) is 0 Å². The molecule has 7 nitrogen and oxygen atoms in total. The second-order valence-corrected chi connectivity index (χ2v) is 7.75. The van der Waals surface area contributed by atoms with Gasteiger partial charge < -0.3 is 15.1 Å². The van der Waals surface area contributed by atoms with E-state index in [1.807, 2.05) is 30.5 Å². The van der Waals surface area contributed by atoms with E-state index in [1.54, 1.807) is 4.57 Å². The van der Waals surface area contributed by atoms with Crippen molar-refractivity contribution in [3.05, 3.63) is 52.3 Å². The lowest BCUT2D eigenvalue weighted by atomic mass is 9.77. The number of hydrogen-bond acceptors (Lipinski definition) is 6.